The molecule has 0 radical (unpaired) electrons. The van der Waals surface area contributed by atoms with Crippen molar-refractivity contribution in [3.8, 4) is 33.5 Å². The van der Waals surface area contributed by atoms with E-state index in [2.05, 4.69) is 146 Å². The lowest BCUT2D eigenvalue weighted by Crippen LogP contribution is -1.89. The maximum atomic E-state index is 6.98. The van der Waals surface area contributed by atoms with Crippen molar-refractivity contribution in [2.75, 3.05) is 0 Å². The zero-order valence-corrected chi connectivity index (χ0v) is 25.5. The molecule has 3 aromatic heterocycles. The Morgan fingerprint density at radius 2 is 1.07 bits per heavy atom. The van der Waals surface area contributed by atoms with Gasteiger partial charge in [-0.1, -0.05) is 127 Å². The van der Waals surface area contributed by atoms with E-state index < -0.39 is 0 Å². The van der Waals surface area contributed by atoms with Crippen molar-refractivity contribution >= 4 is 75.1 Å². The second kappa shape index (κ2) is 9.87. The van der Waals surface area contributed by atoms with Crippen LogP contribution in [0.25, 0.3) is 97.3 Å². The van der Waals surface area contributed by atoms with E-state index >= 15 is 0 Å². The number of para-hydroxylation sites is 2. The van der Waals surface area contributed by atoms with Gasteiger partial charge in [0, 0.05) is 58.2 Å². The summed E-state index contributed by atoms with van der Waals surface area (Å²) in [4.78, 5) is 5.13. The van der Waals surface area contributed by atoms with Gasteiger partial charge >= 0.3 is 0 Å². The van der Waals surface area contributed by atoms with Crippen molar-refractivity contribution < 1.29 is 4.42 Å². The fraction of sp³-hybridized carbons (Fsp3) is 0. The summed E-state index contributed by atoms with van der Waals surface area (Å²) in [5, 5.41) is 8.16. The topological polar surface area (TPSA) is 26.0 Å². The van der Waals surface area contributed by atoms with Gasteiger partial charge in [0.2, 0.25) is 0 Å². The maximum absolute atomic E-state index is 6.98. The van der Waals surface area contributed by atoms with Crippen LogP contribution in [0, 0.1) is 0 Å². The van der Waals surface area contributed by atoms with Crippen molar-refractivity contribution in [3.63, 3.8) is 0 Å². The minimum absolute atomic E-state index is 0.905. The zero-order chi connectivity index (χ0) is 30.2. The van der Waals surface area contributed by atoms with E-state index in [4.69, 9.17) is 9.40 Å². The molecule has 10 rings (SSSR count). The molecular weight excluding hydrogens is 579 g/mol. The molecule has 0 atom stereocenters. The molecule has 0 spiro atoms. The zero-order valence-electron chi connectivity index (χ0n) is 24.7. The molecule has 0 amide bonds. The lowest BCUT2D eigenvalue weighted by atomic mass is 9.96. The normalized spacial score (nSPS) is 11.9. The average molecular weight is 604 g/mol. The molecule has 214 valence electrons. The molecule has 0 unspecified atom stereocenters. The van der Waals surface area contributed by atoms with Crippen molar-refractivity contribution in [1.82, 2.24) is 4.98 Å². The number of hydrogen-bond acceptors (Lipinski definition) is 3. The summed E-state index contributed by atoms with van der Waals surface area (Å²) in [6, 6.07) is 54.0. The van der Waals surface area contributed by atoms with E-state index in [9.17, 15) is 0 Å². The first kappa shape index (κ1) is 25.5. The van der Waals surface area contributed by atoms with Gasteiger partial charge in [0.15, 0.2) is 0 Å². The van der Waals surface area contributed by atoms with Crippen LogP contribution in [0.1, 0.15) is 0 Å². The Labute approximate surface area is 268 Å². The van der Waals surface area contributed by atoms with Crippen LogP contribution < -0.4 is 0 Å². The van der Waals surface area contributed by atoms with Crippen LogP contribution in [0.3, 0.4) is 0 Å². The fourth-order valence-electron chi connectivity index (χ4n) is 7.16. The average Bonchev–Trinajstić information content (AvgIpc) is 3.70. The third kappa shape index (κ3) is 3.73. The number of furan rings is 1. The number of thiophene rings is 1. The summed E-state index contributed by atoms with van der Waals surface area (Å²) in [6.45, 7) is 0. The van der Waals surface area contributed by atoms with Gasteiger partial charge < -0.3 is 4.42 Å². The highest BCUT2D eigenvalue weighted by atomic mass is 32.1. The van der Waals surface area contributed by atoms with Crippen LogP contribution in [0.5, 0.6) is 0 Å². The van der Waals surface area contributed by atoms with E-state index in [1.54, 1.807) is 0 Å². The summed E-state index contributed by atoms with van der Waals surface area (Å²) in [5.74, 6) is 0. The summed E-state index contributed by atoms with van der Waals surface area (Å²) in [7, 11) is 0. The van der Waals surface area contributed by atoms with Crippen molar-refractivity contribution in [2.24, 2.45) is 0 Å². The Balaban J connectivity index is 1.22. The number of nitrogens with zero attached hydrogens (tertiary/aromatic N) is 1. The molecule has 10 aromatic rings. The lowest BCUT2D eigenvalue weighted by Gasteiger charge is -2.10. The summed E-state index contributed by atoms with van der Waals surface area (Å²) in [5.41, 5.74) is 9.54. The van der Waals surface area contributed by atoms with E-state index in [-0.39, 0.29) is 0 Å². The third-order valence-corrected chi connectivity index (χ3v) is 10.5. The Bertz CT molecular complexity index is 2810. The molecule has 0 saturated carbocycles. The molecule has 0 saturated heterocycles. The van der Waals surface area contributed by atoms with Gasteiger partial charge in [0.25, 0.3) is 0 Å². The van der Waals surface area contributed by atoms with E-state index in [1.165, 1.54) is 31.3 Å². The molecule has 0 aliphatic heterocycles. The van der Waals surface area contributed by atoms with Crippen molar-refractivity contribution in [3.05, 3.63) is 152 Å². The molecule has 0 fully saturated rings. The monoisotopic (exact) mass is 603 g/mol. The van der Waals surface area contributed by atoms with Gasteiger partial charge in [-0.3, -0.25) is 0 Å². The molecular formula is C43H25NOS. The SMILES string of the molecule is c1ccc(-c2nc3ccccc3c3c2ccc2c4cccc(-c5cccc(-c6cccc7c6sc6ccccc67)c5)c4oc23)cc1. The minimum atomic E-state index is 0.905. The van der Waals surface area contributed by atoms with Crippen LogP contribution >= 0.6 is 11.3 Å². The second-order valence-electron chi connectivity index (χ2n) is 11.9. The third-order valence-electron chi connectivity index (χ3n) is 9.26. The fourth-order valence-corrected chi connectivity index (χ4v) is 8.40. The van der Waals surface area contributed by atoms with E-state index in [0.717, 1.165) is 66.0 Å². The highest BCUT2D eigenvalue weighted by Crippen LogP contribution is 2.44. The Morgan fingerprint density at radius 1 is 0.435 bits per heavy atom. The second-order valence-corrected chi connectivity index (χ2v) is 12.9. The smallest absolute Gasteiger partial charge is 0.144 e. The molecule has 46 heavy (non-hydrogen) atoms. The predicted octanol–water partition coefficient (Wildman–Crippen LogP) is 12.7. The van der Waals surface area contributed by atoms with Crippen LogP contribution in [-0.4, -0.2) is 4.98 Å². The molecule has 3 heterocycles. The molecule has 0 N–H and O–H groups in total. The van der Waals surface area contributed by atoms with E-state index in [0.29, 0.717) is 0 Å². The van der Waals surface area contributed by atoms with Crippen LogP contribution in [0.2, 0.25) is 0 Å². The Hall–Kier alpha value is -5.77. The Morgan fingerprint density at radius 3 is 1.96 bits per heavy atom. The first-order valence-electron chi connectivity index (χ1n) is 15.5. The molecule has 7 aromatic carbocycles. The van der Waals surface area contributed by atoms with Crippen molar-refractivity contribution in [1.29, 1.82) is 0 Å². The summed E-state index contributed by atoms with van der Waals surface area (Å²) in [6.07, 6.45) is 0. The van der Waals surface area contributed by atoms with Crippen LogP contribution in [-0.2, 0) is 0 Å². The van der Waals surface area contributed by atoms with Crippen LogP contribution in [0.4, 0.5) is 0 Å². The number of rotatable bonds is 3. The number of benzene rings is 7. The largest absolute Gasteiger partial charge is 0.455 e. The van der Waals surface area contributed by atoms with Crippen molar-refractivity contribution in [2.45, 2.75) is 0 Å². The summed E-state index contributed by atoms with van der Waals surface area (Å²) < 4.78 is 9.62. The molecule has 0 aliphatic carbocycles. The van der Waals surface area contributed by atoms with Gasteiger partial charge in [-0.05, 0) is 41.0 Å². The molecule has 2 nitrogen and oxygen atoms in total. The van der Waals surface area contributed by atoms with Gasteiger partial charge in [0.05, 0.1) is 11.2 Å². The van der Waals surface area contributed by atoms with Crippen LogP contribution in [0.15, 0.2) is 156 Å². The highest BCUT2D eigenvalue weighted by Gasteiger charge is 2.19. The number of aromatic nitrogens is 1. The lowest BCUT2D eigenvalue weighted by molar-refractivity contribution is 0.674. The first-order chi connectivity index (χ1) is 22.8. The maximum Gasteiger partial charge on any atom is 0.144 e. The Kier molecular flexibility index (Phi) is 5.48. The van der Waals surface area contributed by atoms with Gasteiger partial charge in [-0.2, -0.15) is 0 Å². The highest BCUT2D eigenvalue weighted by molar-refractivity contribution is 7.26. The van der Waals surface area contributed by atoms with Gasteiger partial charge in [-0.25, -0.2) is 4.98 Å². The number of fused-ring (bicyclic) bond motifs is 10. The summed E-state index contributed by atoms with van der Waals surface area (Å²) >= 11 is 1.87. The minimum Gasteiger partial charge on any atom is -0.455 e. The van der Waals surface area contributed by atoms with E-state index in [1.807, 2.05) is 17.4 Å². The molecule has 0 bridgehead atoms. The van der Waals surface area contributed by atoms with Gasteiger partial charge in [-0.15, -0.1) is 11.3 Å². The molecule has 0 aliphatic rings. The number of pyridine rings is 1. The quantitative estimate of drug-likeness (QED) is 0.188. The molecule has 3 heteroatoms. The standard InChI is InChI=1S/C43H25NOS/c1-2-11-26(12-3-1)40-36-24-23-33-32-19-9-17-29(41(32)45-42(33)39(36)35-16-4-6-21-37(35)44-40)27-13-8-14-28(25-27)30-18-10-20-34-31-15-5-7-22-38(31)46-43(30)34/h1-25H. The predicted molar refractivity (Wildman–Crippen MR) is 196 cm³/mol. The number of hydrogen-bond donors (Lipinski definition) is 0. The first-order valence-corrected chi connectivity index (χ1v) is 16.4. The van der Waals surface area contributed by atoms with Gasteiger partial charge in [0.1, 0.15) is 11.2 Å².